The van der Waals surface area contributed by atoms with Crippen molar-refractivity contribution in [3.63, 3.8) is 0 Å². The highest BCUT2D eigenvalue weighted by molar-refractivity contribution is 7.97. The van der Waals surface area contributed by atoms with Gasteiger partial charge in [0.2, 0.25) is 0 Å². The zero-order valence-corrected chi connectivity index (χ0v) is 18.9. The number of hydrogen-bond acceptors (Lipinski definition) is 4. The summed E-state index contributed by atoms with van der Waals surface area (Å²) in [5.74, 6) is 1.16. The zero-order valence-electron chi connectivity index (χ0n) is 17.3. The summed E-state index contributed by atoms with van der Waals surface area (Å²) in [5.41, 5.74) is 1.76. The molecule has 0 bridgehead atoms. The number of amides is 1. The summed E-state index contributed by atoms with van der Waals surface area (Å²) < 4.78 is 2.52. The first-order chi connectivity index (χ1) is 13.5. The monoisotopic (exact) mass is 423 g/mol. The van der Waals surface area contributed by atoms with E-state index >= 15 is 0 Å². The Kier molecular flexibility index (Phi) is 8.10. The molecule has 1 aromatic rings. The maximum Gasteiger partial charge on any atom is 0.252 e. The molecule has 2 fully saturated rings. The first kappa shape index (κ1) is 21.9. The second-order valence-corrected chi connectivity index (χ2v) is 9.79. The van der Waals surface area contributed by atoms with Crippen LogP contribution < -0.4 is 5.32 Å². The Hall–Kier alpha value is -0.750. The van der Waals surface area contributed by atoms with Gasteiger partial charge in [-0.25, -0.2) is 4.31 Å². The molecule has 3 rings (SSSR count). The number of carbonyl (C=O) groups excluding carboxylic acids is 1. The Morgan fingerprint density at radius 3 is 2.54 bits per heavy atom. The maximum absolute atomic E-state index is 12.8. The van der Waals surface area contributed by atoms with Crippen LogP contribution in [0.15, 0.2) is 18.2 Å². The highest BCUT2D eigenvalue weighted by Crippen LogP contribution is 2.35. The Bertz CT molecular complexity index is 655. The van der Waals surface area contributed by atoms with Gasteiger partial charge in [0.1, 0.15) is 0 Å². The molecule has 28 heavy (non-hydrogen) atoms. The standard InChI is InChI=1S/C22H34ClN3OS/c1-3-15-28-26-13-11-25(12-14-26)22(9-5-4-6-10-22)17-24-21(27)19-8-7-18(2)16-20(19)23/h7-8,16H,3-6,9-15,17H2,1-2H3,(H,24,27). The van der Waals surface area contributed by atoms with Gasteiger partial charge in [0, 0.05) is 44.0 Å². The van der Waals surface area contributed by atoms with Crippen LogP contribution in [0.3, 0.4) is 0 Å². The zero-order chi connectivity index (χ0) is 20.0. The lowest BCUT2D eigenvalue weighted by molar-refractivity contribution is 0.0256. The normalized spacial score (nSPS) is 20.8. The molecule has 6 heteroatoms. The van der Waals surface area contributed by atoms with Gasteiger partial charge >= 0.3 is 0 Å². The quantitative estimate of drug-likeness (QED) is 0.641. The number of piperazine rings is 1. The highest BCUT2D eigenvalue weighted by Gasteiger charge is 2.39. The van der Waals surface area contributed by atoms with Gasteiger partial charge in [0.05, 0.1) is 10.6 Å². The van der Waals surface area contributed by atoms with E-state index in [1.807, 2.05) is 37.1 Å². The molecule has 1 aliphatic carbocycles. The van der Waals surface area contributed by atoms with E-state index in [0.717, 1.165) is 38.3 Å². The van der Waals surface area contributed by atoms with E-state index in [9.17, 15) is 4.79 Å². The maximum atomic E-state index is 12.8. The van der Waals surface area contributed by atoms with E-state index in [0.29, 0.717) is 10.6 Å². The number of aryl methyl sites for hydroxylation is 1. The number of hydrogen-bond donors (Lipinski definition) is 1. The smallest absolute Gasteiger partial charge is 0.252 e. The first-order valence-electron chi connectivity index (χ1n) is 10.7. The molecule has 1 saturated heterocycles. The van der Waals surface area contributed by atoms with Crippen molar-refractivity contribution in [3.05, 3.63) is 34.3 Å². The number of halogens is 1. The van der Waals surface area contributed by atoms with Crippen molar-refractivity contribution in [2.24, 2.45) is 0 Å². The van der Waals surface area contributed by atoms with Crippen molar-refractivity contribution >= 4 is 29.5 Å². The number of carbonyl (C=O) groups is 1. The summed E-state index contributed by atoms with van der Waals surface area (Å²) in [6, 6.07) is 5.65. The molecule has 2 aliphatic rings. The van der Waals surface area contributed by atoms with Gasteiger partial charge in [-0.2, -0.15) is 0 Å². The summed E-state index contributed by atoms with van der Waals surface area (Å²) in [6.45, 7) is 9.37. The molecule has 1 saturated carbocycles. The lowest BCUT2D eigenvalue weighted by Crippen LogP contribution is -2.61. The van der Waals surface area contributed by atoms with Crippen LogP contribution in [0.1, 0.15) is 61.4 Å². The van der Waals surface area contributed by atoms with Gasteiger partial charge in [-0.1, -0.05) is 55.8 Å². The molecule has 1 aromatic carbocycles. The van der Waals surface area contributed by atoms with Gasteiger partial charge in [-0.15, -0.1) is 0 Å². The lowest BCUT2D eigenvalue weighted by Gasteiger charge is -2.49. The van der Waals surface area contributed by atoms with Crippen LogP contribution in [0.4, 0.5) is 0 Å². The van der Waals surface area contributed by atoms with Crippen LogP contribution in [0.5, 0.6) is 0 Å². The van der Waals surface area contributed by atoms with Gasteiger partial charge in [-0.05, 0) is 43.9 Å². The fourth-order valence-electron chi connectivity index (χ4n) is 4.47. The van der Waals surface area contributed by atoms with Crippen LogP contribution in [-0.4, -0.2) is 59.1 Å². The third-order valence-corrected chi connectivity index (χ3v) is 7.75. The first-order valence-corrected chi connectivity index (χ1v) is 12.0. The molecule has 0 spiro atoms. The van der Waals surface area contributed by atoms with Crippen molar-refractivity contribution in [2.45, 2.75) is 57.9 Å². The minimum atomic E-state index is -0.0490. The van der Waals surface area contributed by atoms with E-state index in [2.05, 4.69) is 21.4 Å². The number of nitrogens with one attached hydrogen (secondary N) is 1. The summed E-state index contributed by atoms with van der Waals surface area (Å²) in [7, 11) is 0. The Morgan fingerprint density at radius 1 is 1.18 bits per heavy atom. The summed E-state index contributed by atoms with van der Waals surface area (Å²) >= 11 is 8.29. The minimum Gasteiger partial charge on any atom is -0.350 e. The Labute approximate surface area is 179 Å². The van der Waals surface area contributed by atoms with Crippen molar-refractivity contribution in [1.29, 1.82) is 0 Å². The van der Waals surface area contributed by atoms with E-state index in [1.165, 1.54) is 44.3 Å². The highest BCUT2D eigenvalue weighted by atomic mass is 35.5. The minimum absolute atomic E-state index is 0.0490. The van der Waals surface area contributed by atoms with Crippen LogP contribution in [0, 0.1) is 6.92 Å². The molecular formula is C22H34ClN3OS. The number of benzene rings is 1. The van der Waals surface area contributed by atoms with Crippen LogP contribution in [-0.2, 0) is 0 Å². The fraction of sp³-hybridized carbons (Fsp3) is 0.682. The van der Waals surface area contributed by atoms with E-state index in [1.54, 1.807) is 0 Å². The van der Waals surface area contributed by atoms with E-state index < -0.39 is 0 Å². The van der Waals surface area contributed by atoms with Crippen molar-refractivity contribution in [1.82, 2.24) is 14.5 Å². The molecule has 156 valence electrons. The van der Waals surface area contributed by atoms with Gasteiger partial charge < -0.3 is 5.32 Å². The topological polar surface area (TPSA) is 35.6 Å². The van der Waals surface area contributed by atoms with Gasteiger partial charge in [0.15, 0.2) is 0 Å². The Balaban J connectivity index is 1.63. The number of nitrogens with zero attached hydrogens (tertiary/aromatic N) is 2. The molecule has 0 unspecified atom stereocenters. The SMILES string of the molecule is CCCSN1CCN(C2(CNC(=O)c3ccc(C)cc3Cl)CCCCC2)CC1. The molecule has 1 heterocycles. The third-order valence-electron chi connectivity index (χ3n) is 6.12. The largest absolute Gasteiger partial charge is 0.350 e. The number of rotatable bonds is 7. The molecular weight excluding hydrogens is 390 g/mol. The second kappa shape index (κ2) is 10.3. The summed E-state index contributed by atoms with van der Waals surface area (Å²) in [4.78, 5) is 15.4. The summed E-state index contributed by atoms with van der Waals surface area (Å²) in [6.07, 6.45) is 7.40. The third kappa shape index (κ3) is 5.44. The lowest BCUT2D eigenvalue weighted by atomic mass is 9.79. The molecule has 4 nitrogen and oxygen atoms in total. The van der Waals surface area contributed by atoms with Crippen molar-refractivity contribution in [2.75, 3.05) is 38.5 Å². The van der Waals surface area contributed by atoms with E-state index in [4.69, 9.17) is 11.6 Å². The van der Waals surface area contributed by atoms with Crippen LogP contribution in [0.25, 0.3) is 0 Å². The van der Waals surface area contributed by atoms with Crippen molar-refractivity contribution < 1.29 is 4.79 Å². The predicted octanol–water partition coefficient (Wildman–Crippen LogP) is 4.76. The van der Waals surface area contributed by atoms with Gasteiger partial charge in [0.25, 0.3) is 5.91 Å². The predicted molar refractivity (Wildman–Crippen MR) is 120 cm³/mol. The van der Waals surface area contributed by atoms with Crippen LogP contribution in [0.2, 0.25) is 5.02 Å². The fourth-order valence-corrected chi connectivity index (χ4v) is 5.65. The van der Waals surface area contributed by atoms with Crippen LogP contribution >= 0.6 is 23.5 Å². The van der Waals surface area contributed by atoms with Crippen molar-refractivity contribution in [3.8, 4) is 0 Å². The molecule has 0 aromatic heterocycles. The molecule has 1 amide bonds. The Morgan fingerprint density at radius 2 is 1.89 bits per heavy atom. The summed E-state index contributed by atoms with van der Waals surface area (Å²) in [5, 5.41) is 3.77. The second-order valence-electron chi connectivity index (χ2n) is 8.20. The molecule has 0 radical (unpaired) electrons. The molecule has 0 atom stereocenters. The molecule has 1 aliphatic heterocycles. The molecule has 1 N–H and O–H groups in total. The van der Waals surface area contributed by atoms with Gasteiger partial charge in [-0.3, -0.25) is 9.69 Å². The van der Waals surface area contributed by atoms with E-state index in [-0.39, 0.29) is 11.4 Å². The average Bonchev–Trinajstić information content (AvgIpc) is 2.71. The average molecular weight is 424 g/mol.